The molecule has 1 N–H and O–H groups in total. The summed E-state index contributed by atoms with van der Waals surface area (Å²) in [6.07, 6.45) is 1.29. The summed E-state index contributed by atoms with van der Waals surface area (Å²) in [6, 6.07) is 2.52. The van der Waals surface area contributed by atoms with Gasteiger partial charge in [-0.3, -0.25) is 0 Å². The summed E-state index contributed by atoms with van der Waals surface area (Å²) in [4.78, 5) is 3.67. The summed E-state index contributed by atoms with van der Waals surface area (Å²) in [5, 5.41) is 9.60. The lowest BCUT2D eigenvalue weighted by Gasteiger charge is -2.02. The lowest BCUT2D eigenvalue weighted by atomic mass is 10.1. The van der Waals surface area contributed by atoms with Crippen LogP contribution >= 0.6 is 0 Å². The van der Waals surface area contributed by atoms with Gasteiger partial charge in [0.1, 0.15) is 29.2 Å². The molecule has 88 valence electrons. The van der Waals surface area contributed by atoms with E-state index in [9.17, 15) is 18.4 Å². The molecule has 1 heterocycles. The van der Waals surface area contributed by atoms with Crippen molar-refractivity contribution in [2.75, 3.05) is 0 Å². The fraction of sp³-hybridized carbons (Fsp3) is 0.0909. The van der Waals surface area contributed by atoms with Crippen molar-refractivity contribution in [3.8, 4) is 11.4 Å². The van der Waals surface area contributed by atoms with Gasteiger partial charge in [-0.05, 0) is 9.71 Å². The van der Waals surface area contributed by atoms with Crippen LogP contribution in [-0.4, -0.2) is 10.2 Å². The molecule has 0 spiro atoms. The van der Waals surface area contributed by atoms with E-state index < -0.39 is 23.0 Å². The smallest absolute Gasteiger partial charge is 0.349 e. The van der Waals surface area contributed by atoms with Gasteiger partial charge in [-0.25, -0.2) is 13.2 Å². The van der Waals surface area contributed by atoms with Crippen LogP contribution in [0.15, 0.2) is 24.4 Å². The predicted octanol–water partition coefficient (Wildman–Crippen LogP) is 2.00. The highest BCUT2D eigenvalue weighted by atomic mass is 19.1. The van der Waals surface area contributed by atoms with Crippen molar-refractivity contribution in [1.82, 2.24) is 4.98 Å². The molecule has 3 nitrogen and oxygen atoms in total. The number of aromatic nitrogens is 2. The first-order chi connectivity index (χ1) is 8.00. The summed E-state index contributed by atoms with van der Waals surface area (Å²) in [7, 11) is 0. The van der Waals surface area contributed by atoms with Crippen LogP contribution in [0.1, 0.15) is 5.69 Å². The third kappa shape index (κ3) is 1.93. The fourth-order valence-corrected chi connectivity index (χ4v) is 1.43. The van der Waals surface area contributed by atoms with Crippen LogP contribution in [0, 0.1) is 24.4 Å². The van der Waals surface area contributed by atoms with Crippen LogP contribution < -0.4 is 4.73 Å². The van der Waals surface area contributed by atoms with Crippen LogP contribution in [0.2, 0.25) is 0 Å². The van der Waals surface area contributed by atoms with Gasteiger partial charge in [0.2, 0.25) is 0 Å². The van der Waals surface area contributed by atoms with Crippen LogP contribution in [0.25, 0.3) is 11.4 Å². The molecule has 6 heteroatoms. The van der Waals surface area contributed by atoms with E-state index in [0.29, 0.717) is 22.6 Å². The minimum Gasteiger partial charge on any atom is -0.349 e. The maximum absolute atomic E-state index is 13.5. The molecule has 0 atom stereocenters. The predicted molar refractivity (Wildman–Crippen MR) is 51.7 cm³/mol. The number of halogens is 3. The molecule has 0 unspecified atom stereocenters. The van der Waals surface area contributed by atoms with Crippen LogP contribution in [0.5, 0.6) is 0 Å². The largest absolute Gasteiger partial charge is 0.374 e. The van der Waals surface area contributed by atoms with Crippen molar-refractivity contribution in [2.45, 2.75) is 6.92 Å². The lowest BCUT2D eigenvalue weighted by molar-refractivity contribution is -0.902. The molecule has 17 heavy (non-hydrogen) atoms. The second-order valence-electron chi connectivity index (χ2n) is 3.47. The van der Waals surface area contributed by atoms with E-state index in [4.69, 9.17) is 0 Å². The number of rotatable bonds is 1. The number of aryl methyl sites for hydroxylation is 1. The van der Waals surface area contributed by atoms with Crippen LogP contribution in [-0.2, 0) is 0 Å². The molecule has 0 aliphatic rings. The minimum absolute atomic E-state index is 0.319. The Bertz CT molecular complexity index is 564. The molecule has 0 saturated carbocycles. The molecular weight excluding hydrogens is 233 g/mol. The molecular formula is C11H8F3N2O+. The van der Waals surface area contributed by atoms with E-state index in [2.05, 4.69) is 4.98 Å². The maximum Gasteiger partial charge on any atom is 0.374 e. The zero-order valence-corrected chi connectivity index (χ0v) is 8.78. The van der Waals surface area contributed by atoms with Crippen LogP contribution in [0.4, 0.5) is 13.2 Å². The summed E-state index contributed by atoms with van der Waals surface area (Å²) < 4.78 is 40.2. The van der Waals surface area contributed by atoms with E-state index in [-0.39, 0.29) is 5.82 Å². The summed E-state index contributed by atoms with van der Waals surface area (Å²) >= 11 is 0. The first kappa shape index (κ1) is 11.4. The molecule has 0 aliphatic heterocycles. The van der Waals surface area contributed by atoms with Gasteiger partial charge in [-0.1, -0.05) is 0 Å². The quantitative estimate of drug-likeness (QED) is 0.612. The maximum atomic E-state index is 13.5. The third-order valence-corrected chi connectivity index (χ3v) is 2.28. The molecule has 0 saturated heterocycles. The topological polar surface area (TPSA) is 37.0 Å². The number of benzene rings is 1. The number of nitrogens with zero attached hydrogens (tertiary/aromatic N) is 2. The van der Waals surface area contributed by atoms with E-state index in [0.717, 1.165) is 0 Å². The van der Waals surface area contributed by atoms with Gasteiger partial charge in [-0.2, -0.15) is 0 Å². The van der Waals surface area contributed by atoms with Gasteiger partial charge in [0.15, 0.2) is 5.69 Å². The van der Waals surface area contributed by atoms with E-state index in [1.165, 1.54) is 19.2 Å². The highest BCUT2D eigenvalue weighted by Crippen LogP contribution is 2.22. The Morgan fingerprint density at radius 3 is 2.35 bits per heavy atom. The first-order valence-electron chi connectivity index (χ1n) is 4.72. The lowest BCUT2D eigenvalue weighted by Crippen LogP contribution is -2.37. The average molecular weight is 241 g/mol. The Morgan fingerprint density at radius 2 is 1.76 bits per heavy atom. The molecule has 1 aromatic heterocycles. The summed E-state index contributed by atoms with van der Waals surface area (Å²) in [6.45, 7) is 1.53. The third-order valence-electron chi connectivity index (χ3n) is 2.28. The zero-order valence-electron chi connectivity index (χ0n) is 8.78. The average Bonchev–Trinajstić information content (AvgIpc) is 2.23. The molecule has 2 rings (SSSR count). The zero-order chi connectivity index (χ0) is 12.6. The van der Waals surface area contributed by atoms with Gasteiger partial charge in [-0.15, -0.1) is 0 Å². The summed E-state index contributed by atoms with van der Waals surface area (Å²) in [5.41, 5.74) is -0.226. The highest BCUT2D eigenvalue weighted by molar-refractivity contribution is 5.53. The Kier molecular flexibility index (Phi) is 2.71. The fourth-order valence-electron chi connectivity index (χ4n) is 1.43. The Balaban J connectivity index is 2.73. The Labute approximate surface area is 94.7 Å². The van der Waals surface area contributed by atoms with Gasteiger partial charge >= 0.3 is 5.82 Å². The van der Waals surface area contributed by atoms with Gasteiger partial charge in [0.05, 0.1) is 0 Å². The Morgan fingerprint density at radius 1 is 1.18 bits per heavy atom. The van der Waals surface area contributed by atoms with Crippen molar-refractivity contribution >= 4 is 0 Å². The monoisotopic (exact) mass is 241 g/mol. The van der Waals surface area contributed by atoms with Crippen molar-refractivity contribution in [1.29, 1.82) is 0 Å². The SMILES string of the molecule is Cc1ccnc(-c2c(F)cc(F)cc2F)[n+]1O. The van der Waals surface area contributed by atoms with E-state index in [1.807, 2.05) is 0 Å². The molecule has 0 radical (unpaired) electrons. The number of hydrogen-bond acceptors (Lipinski definition) is 2. The van der Waals surface area contributed by atoms with Gasteiger partial charge in [0, 0.05) is 25.1 Å². The molecule has 1 aromatic carbocycles. The van der Waals surface area contributed by atoms with Gasteiger partial charge < -0.3 is 5.21 Å². The molecule has 0 fully saturated rings. The Hall–Kier alpha value is -2.11. The van der Waals surface area contributed by atoms with Crippen molar-refractivity contribution in [2.24, 2.45) is 0 Å². The van der Waals surface area contributed by atoms with E-state index >= 15 is 0 Å². The molecule has 2 aromatic rings. The second-order valence-corrected chi connectivity index (χ2v) is 3.47. The van der Waals surface area contributed by atoms with Crippen molar-refractivity contribution < 1.29 is 23.1 Å². The summed E-state index contributed by atoms with van der Waals surface area (Å²) in [5.74, 6) is -3.59. The van der Waals surface area contributed by atoms with Crippen molar-refractivity contribution in [3.63, 3.8) is 0 Å². The second kappa shape index (κ2) is 4.04. The van der Waals surface area contributed by atoms with Crippen LogP contribution in [0.3, 0.4) is 0 Å². The first-order valence-corrected chi connectivity index (χ1v) is 4.72. The normalized spacial score (nSPS) is 10.6. The number of hydrogen-bond donors (Lipinski definition) is 1. The highest BCUT2D eigenvalue weighted by Gasteiger charge is 2.25. The molecule has 0 aliphatic carbocycles. The van der Waals surface area contributed by atoms with Gasteiger partial charge in [0.25, 0.3) is 0 Å². The molecule has 0 amide bonds. The van der Waals surface area contributed by atoms with E-state index in [1.54, 1.807) is 0 Å². The standard InChI is InChI=1S/C11H8F3N2O/c1-6-2-3-15-11(16(6)17)10-8(13)4-7(12)5-9(10)14/h2-5,17H,1H3/q+1. The minimum atomic E-state index is -1.12. The van der Waals surface area contributed by atoms with Crippen molar-refractivity contribution in [3.05, 3.63) is 47.5 Å². The molecule has 0 bridgehead atoms.